The highest BCUT2D eigenvalue weighted by Crippen LogP contribution is 2.27. The number of fused-ring (bicyclic) bond motifs is 1. The van der Waals surface area contributed by atoms with E-state index in [0.29, 0.717) is 17.9 Å². The van der Waals surface area contributed by atoms with Gasteiger partial charge in [0.2, 0.25) is 0 Å². The molecule has 1 N–H and O–H groups in total. The van der Waals surface area contributed by atoms with E-state index >= 15 is 0 Å². The number of amides is 1. The van der Waals surface area contributed by atoms with E-state index in [-0.39, 0.29) is 24.2 Å². The Morgan fingerprint density at radius 3 is 2.70 bits per heavy atom. The van der Waals surface area contributed by atoms with Gasteiger partial charge < -0.3 is 10.1 Å². The van der Waals surface area contributed by atoms with Crippen molar-refractivity contribution in [2.45, 2.75) is 26.2 Å². The smallest absolute Gasteiger partial charge is 0.278 e. The predicted octanol–water partition coefficient (Wildman–Crippen LogP) is 3.39. The Morgan fingerprint density at radius 2 is 1.93 bits per heavy atom. The lowest BCUT2D eigenvalue weighted by Crippen LogP contribution is -2.24. The predicted molar refractivity (Wildman–Crippen MR) is 93.0 cm³/mol. The van der Waals surface area contributed by atoms with Crippen molar-refractivity contribution in [1.29, 1.82) is 0 Å². The van der Waals surface area contributed by atoms with Gasteiger partial charge in [-0.1, -0.05) is 23.4 Å². The molecule has 138 valence electrons. The van der Waals surface area contributed by atoms with E-state index in [0.717, 1.165) is 11.1 Å². The number of ether oxygens (including phenoxy) is 1. The van der Waals surface area contributed by atoms with Crippen LogP contribution >= 0.6 is 0 Å². The molecule has 0 bridgehead atoms. The van der Waals surface area contributed by atoms with Crippen molar-refractivity contribution in [2.24, 2.45) is 0 Å². The van der Waals surface area contributed by atoms with Gasteiger partial charge in [0, 0.05) is 5.69 Å². The van der Waals surface area contributed by atoms with E-state index in [1.807, 2.05) is 0 Å². The fourth-order valence-electron chi connectivity index (χ4n) is 2.98. The lowest BCUT2D eigenvalue weighted by atomic mass is 10.1. The van der Waals surface area contributed by atoms with Gasteiger partial charge in [-0.25, -0.2) is 13.5 Å². The van der Waals surface area contributed by atoms with Crippen molar-refractivity contribution >= 4 is 11.6 Å². The SMILES string of the molecule is Cc1ccc(F)cc1NC(=O)c1nnn2c1CO[C@H](c1ccc(F)cc1)C2. The number of aromatic nitrogens is 3. The van der Waals surface area contributed by atoms with Crippen LogP contribution in [0.4, 0.5) is 14.5 Å². The van der Waals surface area contributed by atoms with Crippen LogP contribution in [0, 0.1) is 18.6 Å². The lowest BCUT2D eigenvalue weighted by Gasteiger charge is -2.24. The molecule has 4 rings (SSSR count). The summed E-state index contributed by atoms with van der Waals surface area (Å²) >= 11 is 0. The molecule has 2 aromatic carbocycles. The molecule has 1 aromatic heterocycles. The fourth-order valence-corrected chi connectivity index (χ4v) is 2.98. The van der Waals surface area contributed by atoms with Crippen LogP contribution in [-0.4, -0.2) is 20.9 Å². The van der Waals surface area contributed by atoms with Crippen molar-refractivity contribution in [3.05, 3.63) is 76.6 Å². The van der Waals surface area contributed by atoms with Gasteiger partial charge in [-0.3, -0.25) is 4.79 Å². The minimum Gasteiger partial charge on any atom is -0.365 e. The molecule has 1 atom stereocenters. The van der Waals surface area contributed by atoms with Gasteiger partial charge in [0.1, 0.15) is 17.7 Å². The Kier molecular flexibility index (Phi) is 4.41. The minimum absolute atomic E-state index is 0.135. The average molecular weight is 370 g/mol. The van der Waals surface area contributed by atoms with E-state index in [4.69, 9.17) is 4.74 Å². The molecular weight excluding hydrogens is 354 g/mol. The van der Waals surface area contributed by atoms with Crippen molar-refractivity contribution in [1.82, 2.24) is 15.0 Å². The second kappa shape index (κ2) is 6.88. The number of halogens is 2. The van der Waals surface area contributed by atoms with E-state index in [9.17, 15) is 13.6 Å². The summed E-state index contributed by atoms with van der Waals surface area (Å²) in [5.74, 6) is -1.23. The highest BCUT2D eigenvalue weighted by molar-refractivity contribution is 6.03. The number of aryl methyl sites for hydroxylation is 1. The van der Waals surface area contributed by atoms with Crippen molar-refractivity contribution in [3.8, 4) is 0 Å². The number of anilines is 1. The number of rotatable bonds is 3. The summed E-state index contributed by atoms with van der Waals surface area (Å²) in [6.07, 6.45) is -0.304. The molecule has 6 nitrogen and oxygen atoms in total. The third kappa shape index (κ3) is 3.43. The average Bonchev–Trinajstić information content (AvgIpc) is 3.08. The first-order chi connectivity index (χ1) is 13.0. The van der Waals surface area contributed by atoms with Gasteiger partial charge >= 0.3 is 0 Å². The maximum absolute atomic E-state index is 13.4. The monoisotopic (exact) mass is 370 g/mol. The largest absolute Gasteiger partial charge is 0.365 e. The van der Waals surface area contributed by atoms with E-state index < -0.39 is 11.7 Å². The molecule has 0 saturated carbocycles. The highest BCUT2D eigenvalue weighted by Gasteiger charge is 2.28. The summed E-state index contributed by atoms with van der Waals surface area (Å²) in [6, 6.07) is 10.2. The Hall–Kier alpha value is -3.13. The third-order valence-electron chi connectivity index (χ3n) is 4.50. The first-order valence-electron chi connectivity index (χ1n) is 8.38. The van der Waals surface area contributed by atoms with Crippen molar-refractivity contribution in [2.75, 3.05) is 5.32 Å². The minimum atomic E-state index is -0.478. The molecule has 0 unspecified atom stereocenters. The van der Waals surface area contributed by atoms with E-state index in [1.54, 1.807) is 29.8 Å². The summed E-state index contributed by atoms with van der Waals surface area (Å²) in [5, 5.41) is 10.6. The van der Waals surface area contributed by atoms with Gasteiger partial charge in [-0.15, -0.1) is 5.10 Å². The van der Waals surface area contributed by atoms with Gasteiger partial charge in [0.25, 0.3) is 5.91 Å². The molecule has 0 fully saturated rings. The molecule has 1 amide bonds. The number of hydrogen-bond donors (Lipinski definition) is 1. The van der Waals surface area contributed by atoms with Crippen LogP contribution in [0.25, 0.3) is 0 Å². The molecule has 1 aliphatic rings. The van der Waals surface area contributed by atoms with E-state index in [2.05, 4.69) is 15.6 Å². The zero-order valence-electron chi connectivity index (χ0n) is 14.4. The molecule has 1 aliphatic heterocycles. The van der Waals surface area contributed by atoms with Gasteiger partial charge in [0.05, 0.1) is 18.8 Å². The highest BCUT2D eigenvalue weighted by atomic mass is 19.1. The Morgan fingerprint density at radius 1 is 1.19 bits per heavy atom. The summed E-state index contributed by atoms with van der Waals surface area (Å²) in [4.78, 5) is 12.6. The number of carbonyl (C=O) groups excluding carboxylic acids is 1. The molecule has 27 heavy (non-hydrogen) atoms. The zero-order chi connectivity index (χ0) is 19.0. The second-order valence-electron chi connectivity index (χ2n) is 6.33. The van der Waals surface area contributed by atoms with Crippen molar-refractivity contribution < 1.29 is 18.3 Å². The van der Waals surface area contributed by atoms with Gasteiger partial charge in [-0.05, 0) is 42.3 Å². The molecular formula is C19H16F2N4O2. The third-order valence-corrected chi connectivity index (χ3v) is 4.50. The number of carbonyl (C=O) groups is 1. The molecule has 0 saturated heterocycles. The molecule has 8 heteroatoms. The Labute approximate surface area is 153 Å². The molecule has 0 radical (unpaired) electrons. The standard InChI is InChI=1S/C19H16F2N4O2/c1-11-2-5-14(21)8-15(11)22-19(26)18-16-10-27-17(9-25(16)24-23-18)12-3-6-13(20)7-4-12/h2-8,17H,9-10H2,1H3,(H,22,26)/t17-/m0/s1. The maximum Gasteiger partial charge on any atom is 0.278 e. The normalized spacial score (nSPS) is 16.0. The molecule has 0 aliphatic carbocycles. The molecule has 0 spiro atoms. The van der Waals surface area contributed by atoms with E-state index in [1.165, 1.54) is 24.3 Å². The number of benzene rings is 2. The zero-order valence-corrected chi connectivity index (χ0v) is 14.4. The Balaban J connectivity index is 1.53. The van der Waals surface area contributed by atoms with Crippen LogP contribution in [0.2, 0.25) is 0 Å². The first kappa shape index (κ1) is 17.3. The van der Waals surface area contributed by atoms with Crippen LogP contribution in [0.15, 0.2) is 42.5 Å². The number of hydrogen-bond acceptors (Lipinski definition) is 4. The summed E-state index contributed by atoms with van der Waals surface area (Å²) in [5.41, 5.74) is 2.61. The molecule has 2 heterocycles. The topological polar surface area (TPSA) is 69.0 Å². The van der Waals surface area contributed by atoms with Crippen LogP contribution in [0.1, 0.15) is 33.4 Å². The quantitative estimate of drug-likeness (QED) is 0.767. The van der Waals surface area contributed by atoms with Crippen LogP contribution in [-0.2, 0) is 17.9 Å². The summed E-state index contributed by atoms with van der Waals surface area (Å²) < 4.78 is 33.9. The Bertz CT molecular complexity index is 1000. The summed E-state index contributed by atoms with van der Waals surface area (Å²) in [7, 11) is 0. The molecule has 3 aromatic rings. The number of nitrogens with one attached hydrogen (secondary N) is 1. The van der Waals surface area contributed by atoms with Gasteiger partial charge in [-0.2, -0.15) is 0 Å². The van der Waals surface area contributed by atoms with Crippen molar-refractivity contribution in [3.63, 3.8) is 0 Å². The lowest BCUT2D eigenvalue weighted by molar-refractivity contribution is -0.00174. The number of nitrogens with zero attached hydrogens (tertiary/aromatic N) is 3. The van der Waals surface area contributed by atoms with Crippen LogP contribution in [0.3, 0.4) is 0 Å². The van der Waals surface area contributed by atoms with Gasteiger partial charge in [0.15, 0.2) is 5.69 Å². The second-order valence-corrected chi connectivity index (χ2v) is 6.33. The van der Waals surface area contributed by atoms with Crippen LogP contribution in [0.5, 0.6) is 0 Å². The van der Waals surface area contributed by atoms with Crippen LogP contribution < -0.4 is 5.32 Å². The summed E-state index contributed by atoms with van der Waals surface area (Å²) in [6.45, 7) is 2.27. The maximum atomic E-state index is 13.4. The fraction of sp³-hybridized carbons (Fsp3) is 0.211. The first-order valence-corrected chi connectivity index (χ1v) is 8.38.